The fourth-order valence-electron chi connectivity index (χ4n) is 6.61. The number of thiazole rings is 2. The van der Waals surface area contributed by atoms with E-state index in [0.717, 1.165) is 51.6 Å². The Labute approximate surface area is 378 Å². The Morgan fingerprint density at radius 3 is 1.52 bits per heavy atom. The van der Waals surface area contributed by atoms with Crippen LogP contribution in [0.2, 0.25) is 0 Å². The summed E-state index contributed by atoms with van der Waals surface area (Å²) in [6, 6.07) is 17.2. The van der Waals surface area contributed by atoms with E-state index in [0.29, 0.717) is 48.9 Å². The topological polar surface area (TPSA) is 207 Å². The summed E-state index contributed by atoms with van der Waals surface area (Å²) in [5, 5.41) is 36.6. The van der Waals surface area contributed by atoms with E-state index >= 15 is 0 Å². The lowest BCUT2D eigenvalue weighted by molar-refractivity contribution is 0.0240. The van der Waals surface area contributed by atoms with Gasteiger partial charge in [-0.05, 0) is 80.1 Å². The van der Waals surface area contributed by atoms with Gasteiger partial charge in [0.05, 0.1) is 43.6 Å². The molecule has 2 aliphatic rings. The van der Waals surface area contributed by atoms with Crippen molar-refractivity contribution in [3.63, 3.8) is 0 Å². The normalized spacial score (nSPS) is 14.0. The zero-order valence-electron chi connectivity index (χ0n) is 34.5. The molecule has 6 aromatic rings. The molecule has 3 amide bonds. The number of hydrogen-bond acceptors (Lipinski definition) is 15. The lowest BCUT2D eigenvalue weighted by Crippen LogP contribution is -2.50. The average molecular weight is 929 g/mol. The van der Waals surface area contributed by atoms with Gasteiger partial charge in [-0.1, -0.05) is 12.1 Å². The summed E-state index contributed by atoms with van der Waals surface area (Å²) >= 11 is 5.90. The molecule has 0 aliphatic carbocycles. The lowest BCUT2D eigenvalue weighted by Gasteiger charge is -2.37. The van der Waals surface area contributed by atoms with Gasteiger partial charge in [0, 0.05) is 63.1 Å². The van der Waals surface area contributed by atoms with Crippen molar-refractivity contribution < 1.29 is 38.9 Å². The van der Waals surface area contributed by atoms with Crippen LogP contribution in [0, 0.1) is 0 Å². The Morgan fingerprint density at radius 2 is 1.11 bits per heavy atom. The monoisotopic (exact) mass is 928 g/mol. The van der Waals surface area contributed by atoms with Gasteiger partial charge >= 0.3 is 18.0 Å². The van der Waals surface area contributed by atoms with Crippen LogP contribution in [0.4, 0.5) is 27.5 Å². The van der Waals surface area contributed by atoms with Crippen molar-refractivity contribution in [2.75, 3.05) is 72.8 Å². The van der Waals surface area contributed by atoms with Crippen LogP contribution in [-0.4, -0.2) is 113 Å². The summed E-state index contributed by atoms with van der Waals surface area (Å²) in [6.07, 6.45) is -0.364. The third kappa shape index (κ3) is 11.4. The minimum Gasteiger partial charge on any atom is -0.478 e. The molecule has 8 rings (SSSR count). The highest BCUT2D eigenvalue weighted by atomic mass is 32.1. The summed E-state index contributed by atoms with van der Waals surface area (Å²) in [6.45, 7) is 10.6. The standard InChI is InChI=1S/C24H26N4O5S2.C19H18N4O3S2/c1-24(2,3)33-23(32)28-10-8-27(9-11-28)18-7-6-15(22(30)31)13-16(18)25-20(29)17-14-35-21(26-17)19-5-4-12-34-19;24-17(14-11-28-18(22-14)16-2-1-9-27-16)21-13-10-12(19(25)26)3-4-15(13)23-7-5-20-6-8-23/h4-7,12-14H,8-11H2,1-3H3,(H,25,29)(H,30,31);1-4,9-11,20H,5-8H2,(H,21,24)(H,25,26). The number of amides is 3. The first-order valence-electron chi connectivity index (χ1n) is 19.8. The SMILES string of the molecule is CC(C)(C)OC(=O)N1CCN(c2ccc(C(=O)O)cc2NC(=O)c2csc(-c3cccs3)n2)CC1.O=C(O)c1ccc(N2CCNCC2)c(NC(=O)c2csc(-c3cccs3)n2)c1. The molecule has 0 radical (unpaired) electrons. The number of nitrogens with one attached hydrogen (secondary N) is 3. The third-order valence-electron chi connectivity index (χ3n) is 9.65. The van der Waals surface area contributed by atoms with Gasteiger partial charge in [-0.3, -0.25) is 9.59 Å². The highest BCUT2D eigenvalue weighted by Crippen LogP contribution is 2.33. The van der Waals surface area contributed by atoms with Gasteiger partial charge in [0.2, 0.25) is 0 Å². The maximum Gasteiger partial charge on any atom is 0.410 e. The smallest absolute Gasteiger partial charge is 0.410 e. The molecular weight excluding hydrogens is 885 g/mol. The summed E-state index contributed by atoms with van der Waals surface area (Å²) < 4.78 is 5.46. The van der Waals surface area contributed by atoms with Crippen LogP contribution in [-0.2, 0) is 4.74 Å². The van der Waals surface area contributed by atoms with Gasteiger partial charge in [0.25, 0.3) is 11.8 Å². The molecule has 328 valence electrons. The number of benzene rings is 2. The number of ether oxygens (including phenoxy) is 1. The molecule has 0 spiro atoms. The third-order valence-corrected chi connectivity index (χ3v) is 13.4. The first-order valence-corrected chi connectivity index (χ1v) is 23.3. The van der Waals surface area contributed by atoms with Crippen molar-refractivity contribution in [1.82, 2.24) is 20.2 Å². The van der Waals surface area contributed by atoms with Crippen LogP contribution in [0.25, 0.3) is 19.8 Å². The molecule has 4 aromatic heterocycles. The number of aromatic nitrogens is 2. The molecule has 0 unspecified atom stereocenters. The van der Waals surface area contributed by atoms with E-state index in [1.165, 1.54) is 40.9 Å². The number of rotatable bonds is 10. The Kier molecular flexibility index (Phi) is 14.2. The number of carbonyl (C=O) groups excluding carboxylic acids is 3. The first-order chi connectivity index (χ1) is 30.2. The second-order valence-electron chi connectivity index (χ2n) is 15.2. The Balaban J connectivity index is 0.000000193. The number of piperazine rings is 2. The van der Waals surface area contributed by atoms with Gasteiger partial charge in [0.15, 0.2) is 0 Å². The zero-order valence-corrected chi connectivity index (χ0v) is 37.7. The highest BCUT2D eigenvalue weighted by molar-refractivity contribution is 7.20. The van der Waals surface area contributed by atoms with E-state index in [9.17, 15) is 34.2 Å². The maximum absolute atomic E-state index is 13.0. The Bertz CT molecular complexity index is 2570. The van der Waals surface area contributed by atoms with Crippen molar-refractivity contribution in [3.05, 3.63) is 105 Å². The highest BCUT2D eigenvalue weighted by Gasteiger charge is 2.28. The predicted octanol–water partition coefficient (Wildman–Crippen LogP) is 8.11. The first kappa shape index (κ1) is 44.9. The molecule has 2 aromatic carbocycles. The van der Waals surface area contributed by atoms with Crippen molar-refractivity contribution in [2.24, 2.45) is 0 Å². The van der Waals surface area contributed by atoms with Crippen LogP contribution in [0.1, 0.15) is 62.5 Å². The number of carboxylic acid groups (broad SMARTS) is 2. The van der Waals surface area contributed by atoms with Crippen molar-refractivity contribution in [3.8, 4) is 19.8 Å². The molecule has 16 nitrogen and oxygen atoms in total. The quantitative estimate of drug-likeness (QED) is 0.0882. The molecular formula is C43H44N8O8S4. The number of hydrogen-bond donors (Lipinski definition) is 5. The van der Waals surface area contributed by atoms with E-state index in [4.69, 9.17) is 4.74 Å². The molecule has 6 heterocycles. The van der Waals surface area contributed by atoms with Crippen LogP contribution >= 0.6 is 45.3 Å². The molecule has 63 heavy (non-hydrogen) atoms. The number of nitrogens with zero attached hydrogens (tertiary/aromatic N) is 5. The second kappa shape index (κ2) is 19.9. The van der Waals surface area contributed by atoms with Crippen molar-refractivity contribution in [2.45, 2.75) is 26.4 Å². The van der Waals surface area contributed by atoms with E-state index in [-0.39, 0.29) is 28.8 Å². The molecule has 2 saturated heterocycles. The molecule has 2 aliphatic heterocycles. The van der Waals surface area contributed by atoms with E-state index in [1.807, 2.05) is 60.7 Å². The predicted molar refractivity (Wildman–Crippen MR) is 249 cm³/mol. The zero-order chi connectivity index (χ0) is 44.7. The number of anilines is 4. The van der Waals surface area contributed by atoms with Gasteiger partial charge < -0.3 is 45.6 Å². The number of thiophene rings is 2. The fraction of sp³-hybridized carbons (Fsp3) is 0.279. The maximum atomic E-state index is 13.0. The van der Waals surface area contributed by atoms with Gasteiger partial charge in [-0.2, -0.15) is 0 Å². The summed E-state index contributed by atoms with van der Waals surface area (Å²) in [4.78, 5) is 77.8. The summed E-state index contributed by atoms with van der Waals surface area (Å²) in [5.74, 6) is -2.88. The van der Waals surface area contributed by atoms with E-state index < -0.39 is 23.4 Å². The minimum absolute atomic E-state index is 0.0639. The lowest BCUT2D eigenvalue weighted by atomic mass is 10.1. The molecule has 0 bridgehead atoms. The van der Waals surface area contributed by atoms with Crippen LogP contribution in [0.15, 0.2) is 82.2 Å². The van der Waals surface area contributed by atoms with E-state index in [2.05, 4.69) is 30.8 Å². The second-order valence-corrected chi connectivity index (χ2v) is 18.8. The number of carbonyl (C=O) groups is 5. The van der Waals surface area contributed by atoms with Crippen molar-refractivity contribution >= 4 is 97.9 Å². The molecule has 0 saturated carbocycles. The molecule has 0 atom stereocenters. The van der Waals surface area contributed by atoms with Crippen LogP contribution in [0.3, 0.4) is 0 Å². The van der Waals surface area contributed by atoms with E-state index in [1.54, 1.807) is 56.5 Å². The molecule has 2 fully saturated rings. The van der Waals surface area contributed by atoms with Crippen LogP contribution in [0.5, 0.6) is 0 Å². The average Bonchev–Trinajstić information content (AvgIpc) is 4.12. The fourth-order valence-corrected chi connectivity index (χ4v) is 9.84. The van der Waals surface area contributed by atoms with Crippen LogP contribution < -0.4 is 25.8 Å². The minimum atomic E-state index is -1.09. The van der Waals surface area contributed by atoms with Crippen molar-refractivity contribution in [1.29, 1.82) is 0 Å². The van der Waals surface area contributed by atoms with Gasteiger partial charge in [-0.25, -0.2) is 24.4 Å². The number of carboxylic acids is 2. The summed E-state index contributed by atoms with van der Waals surface area (Å²) in [7, 11) is 0. The Hall–Kier alpha value is -6.19. The van der Waals surface area contributed by atoms with Gasteiger partial charge in [-0.15, -0.1) is 45.3 Å². The number of aromatic carboxylic acids is 2. The Morgan fingerprint density at radius 1 is 0.651 bits per heavy atom. The molecule has 20 heteroatoms. The van der Waals surface area contributed by atoms with Gasteiger partial charge in [0.1, 0.15) is 27.0 Å². The molecule has 5 N–H and O–H groups in total. The summed E-state index contributed by atoms with van der Waals surface area (Å²) in [5.41, 5.74) is 2.57. The largest absolute Gasteiger partial charge is 0.478 e.